The van der Waals surface area contributed by atoms with E-state index >= 15 is 0 Å². The number of carbonyl (C=O) groups is 3. The number of aryl methyl sites for hydroxylation is 1. The third-order valence-corrected chi connectivity index (χ3v) is 19.8. The summed E-state index contributed by atoms with van der Waals surface area (Å²) in [4.78, 5) is 84.1. The Morgan fingerprint density at radius 2 is 1.19 bits per heavy atom. The minimum absolute atomic E-state index is 0.0173. The smallest absolute Gasteiger partial charge is 0.390 e. The van der Waals surface area contributed by atoms with Crippen molar-refractivity contribution >= 4 is 81.9 Å². The fourth-order valence-corrected chi connectivity index (χ4v) is 14.8. The van der Waals surface area contributed by atoms with Crippen molar-refractivity contribution in [3.8, 4) is 22.5 Å². The Balaban J connectivity index is 0.674. The number of aromatic nitrogens is 3. The van der Waals surface area contributed by atoms with E-state index in [2.05, 4.69) is 23.5 Å². The maximum atomic E-state index is 13.9. The number of aliphatic hydroxyl groups is 1. The van der Waals surface area contributed by atoms with Crippen molar-refractivity contribution in [3.63, 3.8) is 0 Å². The number of Topliss-reactive ketones (excluding diaryl/α,β-unsaturated/α-hetero) is 2. The molecule has 32 heteroatoms. The summed E-state index contributed by atoms with van der Waals surface area (Å²) < 4.78 is 86.7. The number of ether oxygens (including phenoxy) is 5. The molecular formula is C52H76N4O22P4S2. The second kappa shape index (κ2) is 31.8. The van der Waals surface area contributed by atoms with E-state index < -0.39 is 90.9 Å². The number of aliphatic hydroxyl groups excluding tert-OH is 1. The summed E-state index contributed by atoms with van der Waals surface area (Å²) in [6.45, 7) is -5.29. The first-order valence-corrected chi connectivity index (χ1v) is 36.5. The van der Waals surface area contributed by atoms with Gasteiger partial charge in [0.05, 0.1) is 88.6 Å². The van der Waals surface area contributed by atoms with Gasteiger partial charge in [-0.1, -0.05) is 61.0 Å². The number of rotatable bonds is 35. The quantitative estimate of drug-likeness (QED) is 0.0322. The molecule has 0 radical (unpaired) electrons. The standard InChI is InChI=1S/C52H76N4O22P4S2/c1-3-4-23-56-52-39-12-6-5-10-36(39)31-55(41-14-8-7-13-40(41)51(52)53-54-56)50(60)15-9-11-37(57)16-24-66-25-17-38(58)18-30-71-80(62,63)73-33-47-44(21-28-68-47)77-82(65,84)75-35-49-45(22-29-70-49)78-81(64,83)74-34-48-43(20-27-69-48)76-79(2,61)72-32-46-42(59)19-26-67-46/h5-8,10,12-14,42-49,59,61H,2-4,9,11,15-35H2,1H3,(H,62,63)(H,64,83)(H,65,84)/t42?,43-,44-,45?,46+,47-,48-,49+,79?,81?,82?/m0/s1. The highest BCUT2D eigenvalue weighted by molar-refractivity contribution is 8.07. The van der Waals surface area contributed by atoms with E-state index in [1.54, 1.807) is 4.90 Å². The van der Waals surface area contributed by atoms with Gasteiger partial charge in [-0.05, 0) is 60.8 Å². The number of fused-ring (bicyclic) bond motifs is 5. The maximum absolute atomic E-state index is 13.9. The highest BCUT2D eigenvalue weighted by Gasteiger charge is 2.41. The molecule has 1 aromatic heterocycles. The van der Waals surface area contributed by atoms with Crippen LogP contribution in [0.15, 0.2) is 48.5 Å². The fourth-order valence-electron chi connectivity index (χ4n) is 9.96. The van der Waals surface area contributed by atoms with Crippen molar-refractivity contribution in [2.45, 2.75) is 146 Å². The monoisotopic (exact) mass is 1300 g/mol. The lowest BCUT2D eigenvalue weighted by Gasteiger charge is -2.28. The topological polar surface area (TPSA) is 323 Å². The molecule has 1 amide bonds. The molecule has 12 atom stereocenters. The molecule has 26 nitrogen and oxygen atoms in total. The second-order valence-electron chi connectivity index (χ2n) is 20.7. The molecule has 8 rings (SSSR count). The molecule has 6 unspecified atom stereocenters. The van der Waals surface area contributed by atoms with Gasteiger partial charge in [-0.15, -0.1) is 5.10 Å². The van der Waals surface area contributed by atoms with Crippen molar-refractivity contribution < 1.29 is 104 Å². The number of amides is 1. The molecule has 6 heterocycles. The Kier molecular flexibility index (Phi) is 25.5. The highest BCUT2D eigenvalue weighted by atomic mass is 32.5. The number of carbonyl (C=O) groups excluding carboxylic acids is 3. The summed E-state index contributed by atoms with van der Waals surface area (Å²) in [7, 11) is -8.28. The Labute approximate surface area is 498 Å². The lowest BCUT2D eigenvalue weighted by Crippen LogP contribution is -2.31. The first kappa shape index (κ1) is 67.4. The van der Waals surface area contributed by atoms with Gasteiger partial charge in [0.25, 0.3) is 0 Å². The van der Waals surface area contributed by atoms with Crippen LogP contribution in [0.4, 0.5) is 5.69 Å². The number of phosphoric ester groups is 1. The van der Waals surface area contributed by atoms with E-state index in [1.807, 2.05) is 53.2 Å². The molecule has 4 fully saturated rings. The SMILES string of the molecule is C=P(O)(OC[C@H]1OCCC1O)O[C@H]1CCO[C@H]1COP(O)(=S)OC1CCO[C@@H]1COP(O)(=S)O[C@H]1CCO[C@H]1COP(=O)(O)OCCC(=O)CCOCCC(=O)CCCC(=O)N1Cc2ccccc2-c2c(nnn2CCCC)-c2ccccc21. The number of phosphoric acid groups is 1. The van der Waals surface area contributed by atoms with Crippen LogP contribution in [0.5, 0.6) is 0 Å². The minimum atomic E-state index is -4.68. The molecule has 0 spiro atoms. The van der Waals surface area contributed by atoms with Crippen LogP contribution < -0.4 is 4.90 Å². The van der Waals surface area contributed by atoms with Crippen LogP contribution in [0.1, 0.15) is 89.5 Å². The average molecular weight is 1300 g/mol. The molecule has 0 bridgehead atoms. The summed E-state index contributed by atoms with van der Waals surface area (Å²) >= 11 is 10.5. The first-order valence-electron chi connectivity index (χ1n) is 28.1. The van der Waals surface area contributed by atoms with Gasteiger partial charge in [0.2, 0.25) is 13.5 Å². The largest absolute Gasteiger partial charge is 0.472 e. The molecule has 5 aliphatic rings. The molecule has 468 valence electrons. The summed E-state index contributed by atoms with van der Waals surface area (Å²) in [6, 6.07) is 15.6. The van der Waals surface area contributed by atoms with Gasteiger partial charge < -0.3 is 80.4 Å². The van der Waals surface area contributed by atoms with Crippen molar-refractivity contribution in [1.82, 2.24) is 15.0 Å². The molecule has 0 aliphatic carbocycles. The van der Waals surface area contributed by atoms with Crippen LogP contribution in [-0.2, 0) is 116 Å². The lowest BCUT2D eigenvalue weighted by atomic mass is 9.95. The van der Waals surface area contributed by atoms with Gasteiger partial charge in [0.15, 0.2) is 0 Å². The zero-order valence-electron chi connectivity index (χ0n) is 46.7. The number of nitrogens with zero attached hydrogens (tertiary/aromatic N) is 4. The molecule has 5 N–H and O–H groups in total. The zero-order valence-corrected chi connectivity index (χ0v) is 51.9. The number of para-hydroxylation sites is 1. The van der Waals surface area contributed by atoms with Crippen LogP contribution in [0.3, 0.4) is 0 Å². The van der Waals surface area contributed by atoms with Crippen molar-refractivity contribution in [2.24, 2.45) is 0 Å². The number of ketones is 2. The molecule has 3 aromatic rings. The minimum Gasteiger partial charge on any atom is -0.390 e. The molecule has 2 aromatic carbocycles. The molecule has 5 aliphatic heterocycles. The Hall–Kier alpha value is -2.50. The van der Waals surface area contributed by atoms with Gasteiger partial charge >= 0.3 is 21.3 Å². The van der Waals surface area contributed by atoms with Gasteiger partial charge in [-0.3, -0.25) is 23.4 Å². The van der Waals surface area contributed by atoms with Crippen LogP contribution in [0.25, 0.3) is 22.5 Å². The maximum Gasteiger partial charge on any atom is 0.472 e. The molecule has 4 saturated heterocycles. The fraction of sp³-hybridized carbons (Fsp3) is 0.654. The number of hydrogen-bond acceptors (Lipinski definition) is 23. The van der Waals surface area contributed by atoms with E-state index in [9.17, 15) is 43.6 Å². The molecule has 0 saturated carbocycles. The van der Waals surface area contributed by atoms with Crippen molar-refractivity contribution in [2.75, 3.05) is 77.6 Å². The third-order valence-electron chi connectivity index (χ3n) is 14.4. The van der Waals surface area contributed by atoms with Crippen molar-refractivity contribution in [3.05, 3.63) is 54.1 Å². The van der Waals surface area contributed by atoms with Crippen LogP contribution in [-0.4, -0.2) is 185 Å². The summed E-state index contributed by atoms with van der Waals surface area (Å²) in [5.41, 5.74) is 5.13. The van der Waals surface area contributed by atoms with Gasteiger partial charge in [-0.2, -0.15) is 0 Å². The van der Waals surface area contributed by atoms with Crippen molar-refractivity contribution in [1.29, 1.82) is 0 Å². The Morgan fingerprint density at radius 3 is 1.81 bits per heavy atom. The summed E-state index contributed by atoms with van der Waals surface area (Å²) in [6.07, 6.45) is 1.12. The van der Waals surface area contributed by atoms with Crippen LogP contribution in [0.2, 0.25) is 0 Å². The Bertz CT molecular complexity index is 2890. The summed E-state index contributed by atoms with van der Waals surface area (Å²) in [5, 5.41) is 19.1. The third kappa shape index (κ3) is 20.0. The predicted octanol–water partition coefficient (Wildman–Crippen LogP) is 6.23. The van der Waals surface area contributed by atoms with Gasteiger partial charge in [0, 0.05) is 95.5 Å². The Morgan fingerprint density at radius 1 is 0.655 bits per heavy atom. The number of unbranched alkanes of at least 4 members (excludes halogenated alkanes) is 1. The van der Waals surface area contributed by atoms with E-state index in [-0.39, 0.29) is 115 Å². The first-order chi connectivity index (χ1) is 40.2. The van der Waals surface area contributed by atoms with E-state index in [4.69, 9.17) is 83.5 Å². The highest BCUT2D eigenvalue weighted by Crippen LogP contribution is 2.52. The van der Waals surface area contributed by atoms with E-state index in [0.717, 1.165) is 47.5 Å². The predicted molar refractivity (Wildman–Crippen MR) is 312 cm³/mol. The lowest BCUT2D eigenvalue weighted by molar-refractivity contribution is -0.121. The van der Waals surface area contributed by atoms with E-state index in [1.165, 1.54) is 0 Å². The normalized spacial score (nSPS) is 26.0. The van der Waals surface area contributed by atoms with Crippen LogP contribution >= 0.6 is 28.8 Å². The number of benzene rings is 2. The van der Waals surface area contributed by atoms with Gasteiger partial charge in [0.1, 0.15) is 41.7 Å². The van der Waals surface area contributed by atoms with Crippen LogP contribution in [0, 0.1) is 0 Å². The number of anilines is 1. The second-order valence-corrected chi connectivity index (χ2v) is 29.4. The number of hydrogen-bond donors (Lipinski definition) is 5. The molecule has 84 heavy (non-hydrogen) atoms. The molecular weight excluding hydrogens is 1220 g/mol. The summed E-state index contributed by atoms with van der Waals surface area (Å²) in [5.74, 6) is -0.519. The van der Waals surface area contributed by atoms with Gasteiger partial charge in [-0.25, -0.2) is 9.25 Å². The zero-order chi connectivity index (χ0) is 59.9. The van der Waals surface area contributed by atoms with E-state index in [0.29, 0.717) is 38.1 Å². The average Bonchev–Trinajstić information content (AvgIpc) is 3.43.